The molecule has 0 spiro atoms. The molecule has 0 aliphatic carbocycles. The Balaban J connectivity index is 1.71. The third-order valence-electron chi connectivity index (χ3n) is 4.50. The van der Waals surface area contributed by atoms with Gasteiger partial charge in [0.1, 0.15) is 5.76 Å². The van der Waals surface area contributed by atoms with E-state index in [0.29, 0.717) is 25.0 Å². The van der Waals surface area contributed by atoms with Crippen molar-refractivity contribution in [2.45, 2.75) is 32.7 Å². The van der Waals surface area contributed by atoms with Crippen molar-refractivity contribution < 1.29 is 9.15 Å². The first kappa shape index (κ1) is 17.8. The second kappa shape index (κ2) is 8.35. The van der Waals surface area contributed by atoms with Gasteiger partial charge in [-0.15, -0.1) is 0 Å². The molecule has 2 unspecified atom stereocenters. The zero-order valence-corrected chi connectivity index (χ0v) is 15.0. The molecule has 0 saturated carbocycles. The van der Waals surface area contributed by atoms with E-state index >= 15 is 0 Å². The van der Waals surface area contributed by atoms with Crippen LogP contribution in [0, 0.1) is 5.92 Å². The first-order valence-electron chi connectivity index (χ1n) is 8.90. The Bertz CT molecular complexity index is 600. The maximum atomic E-state index is 5.90. The second-order valence-electron chi connectivity index (χ2n) is 6.56. The van der Waals surface area contributed by atoms with Crippen molar-refractivity contribution in [3.8, 4) is 0 Å². The number of likely N-dealkylation sites (tertiary alicyclic amines) is 1. The molecule has 0 bridgehead atoms. The van der Waals surface area contributed by atoms with E-state index in [1.54, 1.807) is 6.26 Å². The topological polar surface area (TPSA) is 91.6 Å². The van der Waals surface area contributed by atoms with Gasteiger partial charge in [-0.2, -0.15) is 9.98 Å². The largest absolute Gasteiger partial charge is 0.467 e. The number of rotatable bonds is 6. The Kier molecular flexibility index (Phi) is 5.93. The molecule has 3 N–H and O–H groups in total. The number of aliphatic imine (C=N–C) groups is 2. The third-order valence-corrected chi connectivity index (χ3v) is 4.50. The summed E-state index contributed by atoms with van der Waals surface area (Å²) in [6.45, 7) is 6.12. The van der Waals surface area contributed by atoms with Gasteiger partial charge in [0.15, 0.2) is 0 Å². The Morgan fingerprint density at radius 3 is 3.08 bits per heavy atom. The number of nitrogens with two attached hydrogens (primary N) is 1. The van der Waals surface area contributed by atoms with Gasteiger partial charge in [-0.1, -0.05) is 0 Å². The molecule has 1 aromatic heterocycles. The summed E-state index contributed by atoms with van der Waals surface area (Å²) >= 11 is 0. The summed E-state index contributed by atoms with van der Waals surface area (Å²) < 4.78 is 11.2. The molecule has 8 nitrogen and oxygen atoms in total. The molecule has 3 rings (SSSR count). The Morgan fingerprint density at radius 2 is 2.36 bits per heavy atom. The molecule has 2 aliphatic rings. The summed E-state index contributed by atoms with van der Waals surface area (Å²) in [4.78, 5) is 13.2. The lowest BCUT2D eigenvalue weighted by Crippen LogP contribution is -2.54. The first-order chi connectivity index (χ1) is 12.2. The van der Waals surface area contributed by atoms with E-state index < -0.39 is 6.35 Å². The van der Waals surface area contributed by atoms with Crippen LogP contribution < -0.4 is 11.1 Å². The highest BCUT2D eigenvalue weighted by Crippen LogP contribution is 2.20. The molecule has 0 radical (unpaired) electrons. The minimum atomic E-state index is -0.436. The van der Waals surface area contributed by atoms with Crippen LogP contribution in [0.3, 0.4) is 0 Å². The number of furan rings is 1. The average Bonchev–Trinajstić information content (AvgIpc) is 3.09. The fourth-order valence-electron chi connectivity index (χ4n) is 3.36. The number of nitrogens with zero attached hydrogens (tertiary/aromatic N) is 4. The normalized spacial score (nSPS) is 24.8. The van der Waals surface area contributed by atoms with Gasteiger partial charge in [-0.3, -0.25) is 4.90 Å². The summed E-state index contributed by atoms with van der Waals surface area (Å²) in [6.07, 6.45) is 3.64. The van der Waals surface area contributed by atoms with E-state index in [1.165, 1.54) is 12.8 Å². The van der Waals surface area contributed by atoms with Gasteiger partial charge in [0, 0.05) is 19.7 Å². The fraction of sp³-hybridized carbons (Fsp3) is 0.647. The molecule has 3 heterocycles. The Hall–Kier alpha value is -2.06. The van der Waals surface area contributed by atoms with Crippen molar-refractivity contribution in [2.24, 2.45) is 21.6 Å². The van der Waals surface area contributed by atoms with E-state index in [4.69, 9.17) is 14.9 Å². The van der Waals surface area contributed by atoms with Crippen LogP contribution in [-0.2, 0) is 11.3 Å². The summed E-state index contributed by atoms with van der Waals surface area (Å²) in [7, 11) is 2.17. The quantitative estimate of drug-likeness (QED) is 0.797. The van der Waals surface area contributed by atoms with E-state index in [0.717, 1.165) is 25.4 Å². The van der Waals surface area contributed by atoms with Crippen LogP contribution in [0.1, 0.15) is 25.5 Å². The van der Waals surface area contributed by atoms with E-state index in [1.807, 2.05) is 19.1 Å². The van der Waals surface area contributed by atoms with Gasteiger partial charge in [0.25, 0.3) is 0 Å². The molecule has 1 aromatic rings. The number of hydrogen-bond donors (Lipinski definition) is 2. The van der Waals surface area contributed by atoms with Crippen LogP contribution in [0.15, 0.2) is 32.8 Å². The van der Waals surface area contributed by atoms with Crippen LogP contribution in [0.25, 0.3) is 0 Å². The maximum Gasteiger partial charge on any atom is 0.233 e. The van der Waals surface area contributed by atoms with Crippen LogP contribution in [0.5, 0.6) is 0 Å². The van der Waals surface area contributed by atoms with Crippen molar-refractivity contribution in [1.29, 1.82) is 0 Å². The number of hydrogen-bond acceptors (Lipinski definition) is 8. The number of piperidine rings is 1. The number of guanidine groups is 2. The van der Waals surface area contributed by atoms with Gasteiger partial charge in [0.2, 0.25) is 18.3 Å². The zero-order chi connectivity index (χ0) is 17.6. The van der Waals surface area contributed by atoms with Crippen LogP contribution >= 0.6 is 0 Å². The van der Waals surface area contributed by atoms with Gasteiger partial charge in [-0.25, -0.2) is 0 Å². The molecule has 25 heavy (non-hydrogen) atoms. The summed E-state index contributed by atoms with van der Waals surface area (Å²) in [6, 6.07) is 3.79. The zero-order valence-electron chi connectivity index (χ0n) is 15.0. The SMILES string of the molecule is CCOC1N=C(N)N=C(NCc2ccco2)N1CC1CCCN(C)C1. The molecular formula is C17H28N6O2. The van der Waals surface area contributed by atoms with Crippen LogP contribution in [0.4, 0.5) is 0 Å². The van der Waals surface area contributed by atoms with Crippen molar-refractivity contribution in [1.82, 2.24) is 15.1 Å². The Morgan fingerprint density at radius 1 is 1.48 bits per heavy atom. The molecule has 0 aromatic carbocycles. The van der Waals surface area contributed by atoms with Crippen molar-refractivity contribution in [3.05, 3.63) is 24.2 Å². The lowest BCUT2D eigenvalue weighted by Gasteiger charge is -2.38. The highest BCUT2D eigenvalue weighted by Gasteiger charge is 2.30. The monoisotopic (exact) mass is 348 g/mol. The Labute approximate surface area is 148 Å². The van der Waals surface area contributed by atoms with E-state index in [9.17, 15) is 0 Å². The lowest BCUT2D eigenvalue weighted by atomic mass is 9.98. The van der Waals surface area contributed by atoms with Gasteiger partial charge < -0.3 is 25.1 Å². The summed E-state index contributed by atoms with van der Waals surface area (Å²) in [5.41, 5.74) is 5.90. The van der Waals surface area contributed by atoms with E-state index in [-0.39, 0.29) is 5.96 Å². The maximum absolute atomic E-state index is 5.90. The standard InChI is InChI=1S/C17H28N6O2/c1-3-24-17-21-15(18)20-16(19-10-14-7-5-9-25-14)23(17)12-13-6-4-8-22(2)11-13/h5,7,9,13,17H,3-4,6,8,10-12H2,1-2H3,(H3,18,19,20,21). The lowest BCUT2D eigenvalue weighted by molar-refractivity contribution is -0.0260. The van der Waals surface area contributed by atoms with E-state index in [2.05, 4.69) is 32.1 Å². The van der Waals surface area contributed by atoms with Crippen molar-refractivity contribution >= 4 is 11.9 Å². The molecule has 1 fully saturated rings. The molecule has 0 amide bonds. The van der Waals surface area contributed by atoms with Gasteiger partial charge in [0.05, 0.1) is 12.8 Å². The number of ether oxygens (including phenoxy) is 1. The van der Waals surface area contributed by atoms with Crippen molar-refractivity contribution in [2.75, 3.05) is 33.3 Å². The average molecular weight is 348 g/mol. The second-order valence-corrected chi connectivity index (χ2v) is 6.56. The van der Waals surface area contributed by atoms with Gasteiger partial charge in [-0.05, 0) is 51.4 Å². The molecule has 1 saturated heterocycles. The molecule has 2 atom stereocenters. The molecule has 2 aliphatic heterocycles. The van der Waals surface area contributed by atoms with Crippen LogP contribution in [-0.4, -0.2) is 61.4 Å². The summed E-state index contributed by atoms with van der Waals surface area (Å²) in [5, 5.41) is 3.32. The molecule has 138 valence electrons. The first-order valence-corrected chi connectivity index (χ1v) is 8.90. The highest BCUT2D eigenvalue weighted by molar-refractivity contribution is 5.95. The van der Waals surface area contributed by atoms with Crippen molar-refractivity contribution in [3.63, 3.8) is 0 Å². The third kappa shape index (κ3) is 4.73. The number of nitrogens with one attached hydrogen (secondary N) is 1. The smallest absolute Gasteiger partial charge is 0.233 e. The fourth-order valence-corrected chi connectivity index (χ4v) is 3.36. The van der Waals surface area contributed by atoms with Crippen LogP contribution in [0.2, 0.25) is 0 Å². The molecule has 8 heteroatoms. The minimum absolute atomic E-state index is 0.234. The predicted octanol–water partition coefficient (Wildman–Crippen LogP) is 1.02. The predicted molar refractivity (Wildman–Crippen MR) is 96.9 cm³/mol. The van der Waals surface area contributed by atoms with Gasteiger partial charge >= 0.3 is 0 Å². The molecular weight excluding hydrogens is 320 g/mol. The summed E-state index contributed by atoms with van der Waals surface area (Å²) in [5.74, 6) is 2.31. The minimum Gasteiger partial charge on any atom is -0.467 e. The highest BCUT2D eigenvalue weighted by atomic mass is 16.5.